The van der Waals surface area contributed by atoms with Crippen molar-refractivity contribution in [2.45, 2.75) is 58.0 Å². The van der Waals surface area contributed by atoms with Crippen LogP contribution in [0.25, 0.3) is 0 Å². The molecule has 0 spiro atoms. The molecule has 0 aliphatic heterocycles. The molecule has 4 heteroatoms. The molecule has 0 aromatic carbocycles. The largest absolute Gasteiger partial charge is 0.306 e. The molecule has 2 rings (SSSR count). The molecule has 1 aliphatic rings. The van der Waals surface area contributed by atoms with Gasteiger partial charge in [-0.1, -0.05) is 29.6 Å². The summed E-state index contributed by atoms with van der Waals surface area (Å²) in [6.07, 6.45) is 6.57. The first-order chi connectivity index (χ1) is 7.20. The Labute approximate surface area is 90.4 Å². The minimum absolute atomic E-state index is 0.281. The summed E-state index contributed by atoms with van der Waals surface area (Å²) in [5, 5.41) is 11.2. The molecule has 1 aromatic rings. The molecular formula is C11H19N3O. The van der Waals surface area contributed by atoms with Crippen LogP contribution in [-0.4, -0.2) is 15.9 Å². The van der Waals surface area contributed by atoms with Crippen LogP contribution in [0.15, 0.2) is 4.63 Å². The standard InChI is InChI=1S/C11H19N3O/c1-9-10(14-15-13-9)8-12-11(2)6-4-3-5-7-11/h12H,3-8H2,1-2H3. The fourth-order valence-electron chi connectivity index (χ4n) is 2.22. The molecular weight excluding hydrogens is 190 g/mol. The maximum absolute atomic E-state index is 4.68. The molecule has 0 atom stereocenters. The zero-order valence-corrected chi connectivity index (χ0v) is 9.55. The fourth-order valence-corrected chi connectivity index (χ4v) is 2.22. The molecule has 1 N–H and O–H groups in total. The van der Waals surface area contributed by atoms with Crippen molar-refractivity contribution >= 4 is 0 Å². The summed E-state index contributed by atoms with van der Waals surface area (Å²) in [6.45, 7) is 5.00. The van der Waals surface area contributed by atoms with Crippen LogP contribution < -0.4 is 5.32 Å². The third kappa shape index (κ3) is 2.56. The van der Waals surface area contributed by atoms with Crippen LogP contribution in [0.1, 0.15) is 50.4 Å². The van der Waals surface area contributed by atoms with Crippen molar-refractivity contribution < 1.29 is 4.63 Å². The van der Waals surface area contributed by atoms with E-state index in [0.717, 1.165) is 17.9 Å². The first-order valence-corrected chi connectivity index (χ1v) is 5.73. The molecule has 0 saturated heterocycles. The van der Waals surface area contributed by atoms with Gasteiger partial charge in [0.1, 0.15) is 11.4 Å². The minimum Gasteiger partial charge on any atom is -0.306 e. The molecule has 1 saturated carbocycles. The Morgan fingerprint density at radius 2 is 2.00 bits per heavy atom. The number of nitrogens with one attached hydrogen (secondary N) is 1. The van der Waals surface area contributed by atoms with Gasteiger partial charge in [-0.2, -0.15) is 0 Å². The van der Waals surface area contributed by atoms with E-state index in [1.165, 1.54) is 32.1 Å². The number of hydrogen-bond donors (Lipinski definition) is 1. The van der Waals surface area contributed by atoms with Gasteiger partial charge in [-0.25, -0.2) is 4.63 Å². The summed E-state index contributed by atoms with van der Waals surface area (Å²) in [5.74, 6) is 0. The van der Waals surface area contributed by atoms with Crippen LogP contribution in [0.4, 0.5) is 0 Å². The lowest BCUT2D eigenvalue weighted by molar-refractivity contribution is 0.247. The van der Waals surface area contributed by atoms with Gasteiger partial charge in [-0.3, -0.25) is 0 Å². The van der Waals surface area contributed by atoms with Crippen LogP contribution in [-0.2, 0) is 6.54 Å². The maximum Gasteiger partial charge on any atom is 0.121 e. The van der Waals surface area contributed by atoms with Crippen LogP contribution >= 0.6 is 0 Å². The highest BCUT2D eigenvalue weighted by Gasteiger charge is 2.26. The molecule has 1 heterocycles. The van der Waals surface area contributed by atoms with E-state index in [9.17, 15) is 0 Å². The smallest absolute Gasteiger partial charge is 0.121 e. The molecule has 15 heavy (non-hydrogen) atoms. The van der Waals surface area contributed by atoms with Crippen molar-refractivity contribution in [2.24, 2.45) is 0 Å². The van der Waals surface area contributed by atoms with E-state index in [1.807, 2.05) is 6.92 Å². The van der Waals surface area contributed by atoms with Crippen molar-refractivity contribution in [1.29, 1.82) is 0 Å². The number of rotatable bonds is 3. The van der Waals surface area contributed by atoms with Gasteiger partial charge in [-0.15, -0.1) is 0 Å². The van der Waals surface area contributed by atoms with Crippen LogP contribution in [0.2, 0.25) is 0 Å². The van der Waals surface area contributed by atoms with Crippen LogP contribution in [0.5, 0.6) is 0 Å². The molecule has 0 bridgehead atoms. The predicted octanol–water partition coefficient (Wildman–Crippen LogP) is 2.19. The van der Waals surface area contributed by atoms with E-state index in [2.05, 4.69) is 27.2 Å². The highest BCUT2D eigenvalue weighted by Crippen LogP contribution is 2.27. The van der Waals surface area contributed by atoms with E-state index in [-0.39, 0.29) is 5.54 Å². The van der Waals surface area contributed by atoms with Crippen molar-refractivity contribution in [3.05, 3.63) is 11.4 Å². The van der Waals surface area contributed by atoms with Crippen molar-refractivity contribution in [1.82, 2.24) is 15.6 Å². The lowest BCUT2D eigenvalue weighted by Crippen LogP contribution is -2.43. The number of aryl methyl sites for hydroxylation is 1. The zero-order valence-electron chi connectivity index (χ0n) is 9.55. The molecule has 1 aliphatic carbocycles. The van der Waals surface area contributed by atoms with Gasteiger partial charge >= 0.3 is 0 Å². The van der Waals surface area contributed by atoms with Gasteiger partial charge in [-0.05, 0) is 26.7 Å². The normalized spacial score (nSPS) is 20.4. The highest BCUT2D eigenvalue weighted by molar-refractivity contribution is 5.05. The molecule has 1 aromatic heterocycles. The van der Waals surface area contributed by atoms with Gasteiger partial charge in [0.2, 0.25) is 0 Å². The third-order valence-electron chi connectivity index (χ3n) is 3.39. The summed E-state index contributed by atoms with van der Waals surface area (Å²) in [5.41, 5.74) is 2.10. The minimum atomic E-state index is 0.281. The van der Waals surface area contributed by atoms with Gasteiger partial charge in [0.15, 0.2) is 0 Å². The van der Waals surface area contributed by atoms with Crippen molar-refractivity contribution in [3.63, 3.8) is 0 Å². The molecule has 0 radical (unpaired) electrons. The van der Waals surface area contributed by atoms with E-state index < -0.39 is 0 Å². The van der Waals surface area contributed by atoms with Crippen LogP contribution in [0.3, 0.4) is 0 Å². The number of nitrogens with zero attached hydrogens (tertiary/aromatic N) is 2. The van der Waals surface area contributed by atoms with E-state index >= 15 is 0 Å². The van der Waals surface area contributed by atoms with E-state index in [4.69, 9.17) is 0 Å². The topological polar surface area (TPSA) is 51.0 Å². The summed E-state index contributed by atoms with van der Waals surface area (Å²) in [6, 6.07) is 0. The lowest BCUT2D eigenvalue weighted by atomic mass is 9.83. The Kier molecular flexibility index (Phi) is 3.05. The predicted molar refractivity (Wildman–Crippen MR) is 57.4 cm³/mol. The average Bonchev–Trinajstić information content (AvgIpc) is 2.62. The Hall–Kier alpha value is -0.900. The Balaban J connectivity index is 1.89. The first kappa shape index (κ1) is 10.6. The second-order valence-corrected chi connectivity index (χ2v) is 4.77. The SMILES string of the molecule is Cc1nonc1CNC1(C)CCCCC1. The lowest BCUT2D eigenvalue weighted by Gasteiger charge is -2.34. The van der Waals surface area contributed by atoms with Crippen LogP contribution in [0, 0.1) is 6.92 Å². The molecule has 0 unspecified atom stereocenters. The quantitative estimate of drug-likeness (QED) is 0.829. The molecule has 4 nitrogen and oxygen atoms in total. The Morgan fingerprint density at radius 3 is 2.60 bits per heavy atom. The van der Waals surface area contributed by atoms with Gasteiger partial charge < -0.3 is 5.32 Å². The summed E-state index contributed by atoms with van der Waals surface area (Å²) < 4.78 is 4.68. The Bertz CT molecular complexity index is 315. The maximum atomic E-state index is 4.68. The number of hydrogen-bond acceptors (Lipinski definition) is 4. The van der Waals surface area contributed by atoms with Gasteiger partial charge in [0.05, 0.1) is 0 Å². The Morgan fingerprint density at radius 1 is 1.27 bits per heavy atom. The summed E-state index contributed by atoms with van der Waals surface area (Å²) in [4.78, 5) is 0. The summed E-state index contributed by atoms with van der Waals surface area (Å²) in [7, 11) is 0. The average molecular weight is 209 g/mol. The number of aromatic nitrogens is 2. The van der Waals surface area contributed by atoms with Gasteiger partial charge in [0, 0.05) is 12.1 Å². The highest BCUT2D eigenvalue weighted by atomic mass is 16.6. The van der Waals surface area contributed by atoms with E-state index in [0.29, 0.717) is 0 Å². The van der Waals surface area contributed by atoms with Crippen molar-refractivity contribution in [3.8, 4) is 0 Å². The third-order valence-corrected chi connectivity index (χ3v) is 3.39. The second-order valence-electron chi connectivity index (χ2n) is 4.77. The molecule has 84 valence electrons. The fraction of sp³-hybridized carbons (Fsp3) is 0.818. The monoisotopic (exact) mass is 209 g/mol. The molecule has 1 fully saturated rings. The summed E-state index contributed by atoms with van der Waals surface area (Å²) >= 11 is 0. The van der Waals surface area contributed by atoms with Crippen molar-refractivity contribution in [2.75, 3.05) is 0 Å². The molecule has 0 amide bonds. The first-order valence-electron chi connectivity index (χ1n) is 5.73. The second kappa shape index (κ2) is 4.31. The van der Waals surface area contributed by atoms with Gasteiger partial charge in [0.25, 0.3) is 0 Å². The van der Waals surface area contributed by atoms with E-state index in [1.54, 1.807) is 0 Å². The zero-order chi connectivity index (χ0) is 10.7.